The fourth-order valence-corrected chi connectivity index (χ4v) is 1.45. The minimum absolute atomic E-state index is 0.539. The molecule has 0 bridgehead atoms. The molecule has 1 aromatic carbocycles. The highest BCUT2D eigenvalue weighted by molar-refractivity contribution is 5.75. The molecular formula is C11H8N6. The Labute approximate surface area is 96.8 Å². The molecule has 0 fully saturated rings. The van der Waals surface area contributed by atoms with Gasteiger partial charge in [-0.2, -0.15) is 0 Å². The van der Waals surface area contributed by atoms with Crippen LogP contribution >= 0.6 is 0 Å². The van der Waals surface area contributed by atoms with Gasteiger partial charge in [-0.3, -0.25) is 4.98 Å². The Morgan fingerprint density at radius 1 is 0.941 bits per heavy atom. The van der Waals surface area contributed by atoms with Crippen molar-refractivity contribution < 1.29 is 0 Å². The number of aromatic nitrogens is 5. The third-order valence-electron chi connectivity index (χ3n) is 2.19. The van der Waals surface area contributed by atoms with Crippen molar-refractivity contribution >= 4 is 22.7 Å². The number of nitrogens with zero attached hydrogens (tertiary/aromatic N) is 5. The molecule has 0 aliphatic heterocycles. The summed E-state index contributed by atoms with van der Waals surface area (Å²) in [5.41, 5.74) is 1.68. The standard InChI is InChI=1S/C11H8N6/c1-2-4-9-8(3-1)13-6-10(15-9)16-11-5-12-7-14-17-11/h1-7H,(H,15,16,17). The van der Waals surface area contributed by atoms with Gasteiger partial charge < -0.3 is 5.32 Å². The normalized spacial score (nSPS) is 10.4. The average molecular weight is 224 g/mol. The Bertz CT molecular complexity index is 640. The van der Waals surface area contributed by atoms with Crippen molar-refractivity contribution in [3.63, 3.8) is 0 Å². The van der Waals surface area contributed by atoms with E-state index in [9.17, 15) is 0 Å². The van der Waals surface area contributed by atoms with E-state index in [-0.39, 0.29) is 0 Å². The van der Waals surface area contributed by atoms with E-state index < -0.39 is 0 Å². The SMILES string of the molecule is c1ccc2nc(Nc3cncnn3)cnc2c1. The Balaban J connectivity index is 1.96. The second-order valence-electron chi connectivity index (χ2n) is 3.36. The molecule has 0 amide bonds. The molecule has 82 valence electrons. The van der Waals surface area contributed by atoms with Crippen molar-refractivity contribution in [2.75, 3.05) is 5.32 Å². The summed E-state index contributed by atoms with van der Waals surface area (Å²) in [6, 6.07) is 7.67. The first-order chi connectivity index (χ1) is 8.42. The molecule has 2 heterocycles. The second kappa shape index (κ2) is 4.09. The lowest BCUT2D eigenvalue weighted by molar-refractivity contribution is 0.973. The molecule has 6 nitrogen and oxygen atoms in total. The van der Waals surface area contributed by atoms with Crippen molar-refractivity contribution in [3.8, 4) is 0 Å². The van der Waals surface area contributed by atoms with E-state index in [1.807, 2.05) is 24.3 Å². The summed E-state index contributed by atoms with van der Waals surface area (Å²) in [5.74, 6) is 1.16. The number of fused-ring (bicyclic) bond motifs is 1. The summed E-state index contributed by atoms with van der Waals surface area (Å²) < 4.78 is 0. The van der Waals surface area contributed by atoms with Gasteiger partial charge in [-0.05, 0) is 12.1 Å². The fourth-order valence-electron chi connectivity index (χ4n) is 1.45. The lowest BCUT2D eigenvalue weighted by atomic mass is 10.3. The van der Waals surface area contributed by atoms with E-state index in [0.717, 1.165) is 11.0 Å². The molecule has 0 radical (unpaired) electrons. The zero-order chi connectivity index (χ0) is 11.5. The maximum atomic E-state index is 4.40. The van der Waals surface area contributed by atoms with Crippen LogP contribution in [0.15, 0.2) is 43.0 Å². The third kappa shape index (κ3) is 2.00. The zero-order valence-corrected chi connectivity index (χ0v) is 8.78. The summed E-state index contributed by atoms with van der Waals surface area (Å²) in [6.45, 7) is 0. The van der Waals surface area contributed by atoms with Crippen LogP contribution < -0.4 is 5.32 Å². The van der Waals surface area contributed by atoms with Gasteiger partial charge in [0.1, 0.15) is 6.33 Å². The molecule has 0 spiro atoms. The predicted molar refractivity (Wildman–Crippen MR) is 62.6 cm³/mol. The van der Waals surface area contributed by atoms with Crippen LogP contribution in [-0.4, -0.2) is 25.1 Å². The number of hydrogen-bond donors (Lipinski definition) is 1. The van der Waals surface area contributed by atoms with Crippen molar-refractivity contribution in [2.24, 2.45) is 0 Å². The Morgan fingerprint density at radius 3 is 2.65 bits per heavy atom. The molecular weight excluding hydrogens is 216 g/mol. The van der Waals surface area contributed by atoms with Gasteiger partial charge >= 0.3 is 0 Å². The van der Waals surface area contributed by atoms with Gasteiger partial charge in [-0.15, -0.1) is 10.2 Å². The summed E-state index contributed by atoms with van der Waals surface area (Å²) in [5, 5.41) is 10.5. The van der Waals surface area contributed by atoms with Crippen LogP contribution in [0, 0.1) is 0 Å². The van der Waals surface area contributed by atoms with Gasteiger partial charge in [0.25, 0.3) is 0 Å². The summed E-state index contributed by atoms with van der Waals surface area (Å²) in [6.07, 6.45) is 4.60. The lowest BCUT2D eigenvalue weighted by Gasteiger charge is -2.03. The molecule has 0 unspecified atom stereocenters. The maximum absolute atomic E-state index is 4.40. The van der Waals surface area contributed by atoms with E-state index in [1.165, 1.54) is 6.33 Å². The van der Waals surface area contributed by atoms with E-state index in [1.54, 1.807) is 12.4 Å². The Kier molecular flexibility index (Phi) is 2.31. The van der Waals surface area contributed by atoms with Crippen LogP contribution in [0.4, 0.5) is 11.6 Å². The number of hydrogen-bond acceptors (Lipinski definition) is 6. The summed E-state index contributed by atoms with van der Waals surface area (Å²) >= 11 is 0. The molecule has 0 saturated carbocycles. The Morgan fingerprint density at radius 2 is 1.82 bits per heavy atom. The minimum atomic E-state index is 0.539. The number of nitrogens with one attached hydrogen (secondary N) is 1. The molecule has 0 aliphatic rings. The van der Waals surface area contributed by atoms with Gasteiger partial charge in [0.15, 0.2) is 11.6 Å². The fraction of sp³-hybridized carbons (Fsp3) is 0. The molecule has 3 rings (SSSR count). The molecule has 3 aromatic rings. The highest BCUT2D eigenvalue weighted by atomic mass is 15.2. The maximum Gasteiger partial charge on any atom is 0.172 e. The van der Waals surface area contributed by atoms with Crippen LogP contribution in [-0.2, 0) is 0 Å². The van der Waals surface area contributed by atoms with Gasteiger partial charge in [-0.25, -0.2) is 9.97 Å². The van der Waals surface area contributed by atoms with E-state index in [2.05, 4.69) is 30.5 Å². The number of benzene rings is 1. The van der Waals surface area contributed by atoms with Crippen LogP contribution in [0.1, 0.15) is 0 Å². The molecule has 6 heteroatoms. The van der Waals surface area contributed by atoms with Crippen molar-refractivity contribution in [1.82, 2.24) is 25.1 Å². The zero-order valence-electron chi connectivity index (χ0n) is 8.78. The van der Waals surface area contributed by atoms with Crippen molar-refractivity contribution in [3.05, 3.63) is 43.0 Å². The van der Waals surface area contributed by atoms with E-state index in [0.29, 0.717) is 11.6 Å². The molecule has 0 atom stereocenters. The first-order valence-corrected chi connectivity index (χ1v) is 5.03. The highest BCUT2D eigenvalue weighted by Crippen LogP contribution is 2.13. The topological polar surface area (TPSA) is 76.5 Å². The predicted octanol–water partition coefficient (Wildman–Crippen LogP) is 1.56. The van der Waals surface area contributed by atoms with E-state index >= 15 is 0 Å². The van der Waals surface area contributed by atoms with Crippen LogP contribution in [0.3, 0.4) is 0 Å². The van der Waals surface area contributed by atoms with Crippen molar-refractivity contribution in [1.29, 1.82) is 0 Å². The molecule has 0 aliphatic carbocycles. The highest BCUT2D eigenvalue weighted by Gasteiger charge is 2.00. The van der Waals surface area contributed by atoms with Crippen molar-refractivity contribution in [2.45, 2.75) is 0 Å². The third-order valence-corrected chi connectivity index (χ3v) is 2.19. The van der Waals surface area contributed by atoms with Crippen LogP contribution in [0.5, 0.6) is 0 Å². The summed E-state index contributed by atoms with van der Waals surface area (Å²) in [4.78, 5) is 12.5. The quantitative estimate of drug-likeness (QED) is 0.711. The largest absolute Gasteiger partial charge is 0.321 e. The first-order valence-electron chi connectivity index (χ1n) is 5.03. The lowest BCUT2D eigenvalue weighted by Crippen LogP contribution is -1.98. The second-order valence-corrected chi connectivity index (χ2v) is 3.36. The van der Waals surface area contributed by atoms with Gasteiger partial charge in [-0.1, -0.05) is 12.1 Å². The van der Waals surface area contributed by atoms with E-state index in [4.69, 9.17) is 0 Å². The molecule has 2 aromatic heterocycles. The number of para-hydroxylation sites is 2. The van der Waals surface area contributed by atoms with Crippen LogP contribution in [0.25, 0.3) is 11.0 Å². The first kappa shape index (κ1) is 9.59. The summed E-state index contributed by atoms with van der Waals surface area (Å²) in [7, 11) is 0. The van der Waals surface area contributed by atoms with Gasteiger partial charge in [0, 0.05) is 0 Å². The Hall–Kier alpha value is -2.63. The average Bonchev–Trinajstić information content (AvgIpc) is 2.40. The molecule has 1 N–H and O–H groups in total. The minimum Gasteiger partial charge on any atom is -0.321 e. The molecule has 17 heavy (non-hydrogen) atoms. The van der Waals surface area contributed by atoms with Gasteiger partial charge in [0.2, 0.25) is 0 Å². The number of anilines is 2. The molecule has 0 saturated heterocycles. The van der Waals surface area contributed by atoms with Crippen LogP contribution in [0.2, 0.25) is 0 Å². The monoisotopic (exact) mass is 224 g/mol. The number of rotatable bonds is 2. The van der Waals surface area contributed by atoms with Gasteiger partial charge in [0.05, 0.1) is 23.4 Å². The smallest absolute Gasteiger partial charge is 0.172 e.